The van der Waals surface area contributed by atoms with Gasteiger partial charge in [-0.2, -0.15) is 0 Å². The molecule has 1 saturated heterocycles. The lowest BCUT2D eigenvalue weighted by atomic mass is 10.1. The Hall–Kier alpha value is -2.37. The molecule has 3 rings (SSSR count). The van der Waals surface area contributed by atoms with E-state index in [0.717, 1.165) is 5.56 Å². The van der Waals surface area contributed by atoms with Gasteiger partial charge in [-0.15, -0.1) is 0 Å². The van der Waals surface area contributed by atoms with Crippen LogP contribution in [0.4, 0.5) is 0 Å². The molecular formula is C13H12N2O4. The molecule has 1 aromatic heterocycles. The van der Waals surface area contributed by atoms with E-state index in [0.29, 0.717) is 17.5 Å². The van der Waals surface area contributed by atoms with Crippen molar-refractivity contribution in [2.45, 2.75) is 25.8 Å². The minimum Gasteiger partial charge on any atom is -0.408 e. The summed E-state index contributed by atoms with van der Waals surface area (Å²) in [6.45, 7) is 1.89. The lowest BCUT2D eigenvalue weighted by Gasteiger charge is -2.21. The van der Waals surface area contributed by atoms with E-state index in [1.807, 2.05) is 13.0 Å². The summed E-state index contributed by atoms with van der Waals surface area (Å²) in [4.78, 5) is 34.9. The Kier molecular flexibility index (Phi) is 2.51. The van der Waals surface area contributed by atoms with Crippen LogP contribution < -0.4 is 11.1 Å². The Morgan fingerprint density at radius 1 is 1.32 bits per heavy atom. The molecule has 1 atom stereocenters. The fraction of sp³-hybridized carbons (Fsp3) is 0.308. The summed E-state index contributed by atoms with van der Waals surface area (Å²) in [6, 6.07) is 4.66. The number of carbonyl (C=O) groups is 2. The van der Waals surface area contributed by atoms with Crippen LogP contribution in [0.5, 0.6) is 0 Å². The molecule has 98 valence electrons. The summed E-state index contributed by atoms with van der Waals surface area (Å²) >= 11 is 0. The van der Waals surface area contributed by atoms with Crippen molar-refractivity contribution in [3.8, 4) is 0 Å². The van der Waals surface area contributed by atoms with Crippen LogP contribution in [0.25, 0.3) is 11.1 Å². The van der Waals surface area contributed by atoms with Crippen LogP contribution in [0, 0.1) is 6.92 Å². The molecule has 0 saturated carbocycles. The number of benzene rings is 1. The van der Waals surface area contributed by atoms with E-state index < -0.39 is 17.7 Å². The van der Waals surface area contributed by atoms with Gasteiger partial charge in [0.25, 0.3) is 0 Å². The first-order valence-electron chi connectivity index (χ1n) is 6.01. The maximum atomic E-state index is 11.9. The van der Waals surface area contributed by atoms with Crippen molar-refractivity contribution >= 4 is 22.9 Å². The Balaban J connectivity index is 2.15. The number of amides is 2. The Morgan fingerprint density at radius 3 is 2.84 bits per heavy atom. The molecule has 2 aromatic rings. The molecule has 19 heavy (non-hydrogen) atoms. The van der Waals surface area contributed by atoms with Gasteiger partial charge in [-0.05, 0) is 31.0 Å². The predicted molar refractivity (Wildman–Crippen MR) is 66.6 cm³/mol. The van der Waals surface area contributed by atoms with Gasteiger partial charge in [0.2, 0.25) is 11.8 Å². The monoisotopic (exact) mass is 260 g/mol. The maximum absolute atomic E-state index is 11.9. The Labute approximate surface area is 108 Å². The Morgan fingerprint density at radius 2 is 2.11 bits per heavy atom. The minimum absolute atomic E-state index is 0.224. The van der Waals surface area contributed by atoms with Crippen molar-refractivity contribution in [3.05, 3.63) is 34.3 Å². The van der Waals surface area contributed by atoms with Gasteiger partial charge in [-0.25, -0.2) is 4.79 Å². The molecule has 0 spiro atoms. The van der Waals surface area contributed by atoms with Crippen LogP contribution in [-0.4, -0.2) is 16.4 Å². The van der Waals surface area contributed by atoms with Gasteiger partial charge < -0.3 is 4.42 Å². The van der Waals surface area contributed by atoms with Crippen LogP contribution in [0.15, 0.2) is 27.4 Å². The van der Waals surface area contributed by atoms with Crippen molar-refractivity contribution in [3.63, 3.8) is 0 Å². The zero-order valence-electron chi connectivity index (χ0n) is 10.3. The number of piperidine rings is 1. The van der Waals surface area contributed by atoms with Gasteiger partial charge >= 0.3 is 5.76 Å². The van der Waals surface area contributed by atoms with E-state index in [1.165, 1.54) is 4.57 Å². The van der Waals surface area contributed by atoms with Gasteiger partial charge in [0.1, 0.15) is 6.04 Å². The second-order valence-electron chi connectivity index (χ2n) is 4.68. The number of nitrogens with one attached hydrogen (secondary N) is 1. The smallest absolute Gasteiger partial charge is 0.408 e. The number of fused-ring (bicyclic) bond motifs is 1. The molecule has 1 aliphatic rings. The summed E-state index contributed by atoms with van der Waals surface area (Å²) in [5, 5.41) is 2.24. The molecule has 1 N–H and O–H groups in total. The summed E-state index contributed by atoms with van der Waals surface area (Å²) in [7, 11) is 0. The lowest BCUT2D eigenvalue weighted by molar-refractivity contribution is -0.135. The molecule has 2 amide bonds. The minimum atomic E-state index is -0.686. The van der Waals surface area contributed by atoms with Crippen LogP contribution >= 0.6 is 0 Å². The highest BCUT2D eigenvalue weighted by molar-refractivity contribution is 6.00. The molecule has 2 heterocycles. The summed E-state index contributed by atoms with van der Waals surface area (Å²) in [6.07, 6.45) is 0.536. The maximum Gasteiger partial charge on any atom is 0.420 e. The van der Waals surface area contributed by atoms with Crippen molar-refractivity contribution < 1.29 is 14.0 Å². The Bertz CT molecular complexity index is 741. The molecule has 1 aromatic carbocycles. The first kappa shape index (κ1) is 11.7. The predicted octanol–water partition coefficient (Wildman–Crippen LogP) is 0.881. The summed E-state index contributed by atoms with van der Waals surface area (Å²) < 4.78 is 6.47. The fourth-order valence-corrected chi connectivity index (χ4v) is 2.37. The first-order valence-corrected chi connectivity index (χ1v) is 6.01. The molecule has 6 heteroatoms. The van der Waals surface area contributed by atoms with Crippen molar-refractivity contribution in [2.24, 2.45) is 0 Å². The highest BCUT2D eigenvalue weighted by atomic mass is 16.4. The third-order valence-electron chi connectivity index (χ3n) is 3.29. The van der Waals surface area contributed by atoms with Crippen molar-refractivity contribution in [1.82, 2.24) is 9.88 Å². The highest BCUT2D eigenvalue weighted by Gasteiger charge is 2.31. The molecule has 1 fully saturated rings. The van der Waals surface area contributed by atoms with E-state index in [9.17, 15) is 14.4 Å². The largest absolute Gasteiger partial charge is 0.420 e. The molecule has 0 radical (unpaired) electrons. The van der Waals surface area contributed by atoms with Gasteiger partial charge in [0, 0.05) is 6.42 Å². The number of hydrogen-bond donors (Lipinski definition) is 1. The molecule has 6 nitrogen and oxygen atoms in total. The second kappa shape index (κ2) is 4.08. The average Bonchev–Trinajstić information content (AvgIpc) is 2.65. The fourth-order valence-electron chi connectivity index (χ4n) is 2.37. The lowest BCUT2D eigenvalue weighted by Crippen LogP contribution is -2.43. The van der Waals surface area contributed by atoms with E-state index in [4.69, 9.17) is 4.42 Å². The number of hydrogen-bond acceptors (Lipinski definition) is 4. The topological polar surface area (TPSA) is 81.3 Å². The number of rotatable bonds is 1. The van der Waals surface area contributed by atoms with E-state index in [1.54, 1.807) is 12.1 Å². The third kappa shape index (κ3) is 1.85. The highest BCUT2D eigenvalue weighted by Crippen LogP contribution is 2.23. The number of oxazole rings is 1. The SMILES string of the molecule is Cc1ccc2c(c1)oc(=O)n2[C@H]1CCC(=O)NC1=O. The molecule has 0 unspecified atom stereocenters. The zero-order valence-corrected chi connectivity index (χ0v) is 10.3. The second-order valence-corrected chi connectivity index (χ2v) is 4.68. The van der Waals surface area contributed by atoms with Gasteiger partial charge in [0.05, 0.1) is 5.52 Å². The molecular weight excluding hydrogens is 248 g/mol. The number of imide groups is 1. The van der Waals surface area contributed by atoms with Gasteiger partial charge in [-0.1, -0.05) is 6.07 Å². The van der Waals surface area contributed by atoms with Crippen LogP contribution in [0.3, 0.4) is 0 Å². The van der Waals surface area contributed by atoms with Crippen LogP contribution in [-0.2, 0) is 9.59 Å². The quantitative estimate of drug-likeness (QED) is 0.772. The normalized spacial score (nSPS) is 19.7. The van der Waals surface area contributed by atoms with Crippen LogP contribution in [0.2, 0.25) is 0 Å². The average molecular weight is 260 g/mol. The number of carbonyl (C=O) groups excluding carboxylic acids is 2. The zero-order chi connectivity index (χ0) is 13.6. The number of nitrogens with zero attached hydrogens (tertiary/aromatic N) is 1. The van der Waals surface area contributed by atoms with Gasteiger partial charge in [0.15, 0.2) is 5.58 Å². The summed E-state index contributed by atoms with van der Waals surface area (Å²) in [5.41, 5.74) is 2.00. The first-order chi connectivity index (χ1) is 9.06. The molecule has 1 aliphatic heterocycles. The standard InChI is InChI=1S/C13H12N2O4/c1-7-2-3-8-10(6-7)19-13(18)15(8)9-4-5-11(16)14-12(9)17/h2-3,6,9H,4-5H2,1H3,(H,14,16,17)/t9-/m0/s1. The molecule has 0 bridgehead atoms. The summed E-state index contributed by atoms with van der Waals surface area (Å²) in [5.74, 6) is -1.34. The number of aromatic nitrogens is 1. The van der Waals surface area contributed by atoms with E-state index >= 15 is 0 Å². The van der Waals surface area contributed by atoms with E-state index in [-0.39, 0.29) is 12.3 Å². The van der Waals surface area contributed by atoms with Crippen molar-refractivity contribution in [1.29, 1.82) is 0 Å². The van der Waals surface area contributed by atoms with Crippen molar-refractivity contribution in [2.75, 3.05) is 0 Å². The number of aryl methyl sites for hydroxylation is 1. The third-order valence-corrected chi connectivity index (χ3v) is 3.29. The van der Waals surface area contributed by atoms with Gasteiger partial charge in [-0.3, -0.25) is 19.5 Å². The molecule has 0 aliphatic carbocycles. The van der Waals surface area contributed by atoms with Crippen LogP contribution in [0.1, 0.15) is 24.4 Å². The van der Waals surface area contributed by atoms with E-state index in [2.05, 4.69) is 5.32 Å².